The molecular weight excluding hydrogens is 388 g/mol. The van der Waals surface area contributed by atoms with Gasteiger partial charge in [0.2, 0.25) is 0 Å². The molecular formula is C17H23BrN4O3. The topological polar surface area (TPSA) is 69.0 Å². The van der Waals surface area contributed by atoms with Crippen LogP contribution < -0.4 is 4.90 Å². The second-order valence-electron chi connectivity index (χ2n) is 5.99. The lowest BCUT2D eigenvalue weighted by Gasteiger charge is -2.36. The van der Waals surface area contributed by atoms with Gasteiger partial charge in [0.15, 0.2) is 11.3 Å². The Kier molecular flexibility index (Phi) is 5.58. The molecule has 0 unspecified atom stereocenters. The van der Waals surface area contributed by atoms with Gasteiger partial charge < -0.3 is 14.4 Å². The fourth-order valence-electron chi connectivity index (χ4n) is 3.35. The summed E-state index contributed by atoms with van der Waals surface area (Å²) in [5, 5.41) is 4.47. The lowest BCUT2D eigenvalue weighted by molar-refractivity contribution is 0.0518. The number of hydrogen-bond acceptors (Lipinski definition) is 6. The number of fused-ring (bicyclic) bond motifs is 1. The summed E-state index contributed by atoms with van der Waals surface area (Å²) < 4.78 is 13.3. The van der Waals surface area contributed by atoms with E-state index in [0.717, 1.165) is 48.5 Å². The Morgan fingerprint density at radius 2 is 2.16 bits per heavy atom. The van der Waals surface area contributed by atoms with Crippen molar-refractivity contribution in [2.24, 2.45) is 0 Å². The van der Waals surface area contributed by atoms with Gasteiger partial charge in [0.25, 0.3) is 0 Å². The molecule has 3 rings (SSSR count). The zero-order valence-corrected chi connectivity index (χ0v) is 16.4. The number of aromatic nitrogens is 3. The van der Waals surface area contributed by atoms with E-state index < -0.39 is 5.97 Å². The van der Waals surface area contributed by atoms with Crippen LogP contribution in [0.2, 0.25) is 0 Å². The van der Waals surface area contributed by atoms with Crippen LogP contribution in [0.1, 0.15) is 42.7 Å². The summed E-state index contributed by atoms with van der Waals surface area (Å²) in [4.78, 5) is 19.2. The third kappa shape index (κ3) is 3.37. The molecule has 25 heavy (non-hydrogen) atoms. The minimum Gasteiger partial charge on any atom is -0.461 e. The summed E-state index contributed by atoms with van der Waals surface area (Å²) in [5.41, 5.74) is 1.75. The average Bonchev–Trinajstić information content (AvgIpc) is 2.99. The van der Waals surface area contributed by atoms with Crippen LogP contribution in [0.15, 0.2) is 10.7 Å². The first-order valence-electron chi connectivity index (χ1n) is 8.63. The van der Waals surface area contributed by atoms with Crippen molar-refractivity contribution < 1.29 is 14.3 Å². The maximum absolute atomic E-state index is 12.4. The molecule has 0 atom stereocenters. The van der Waals surface area contributed by atoms with Crippen molar-refractivity contribution >= 4 is 33.4 Å². The van der Waals surface area contributed by atoms with Gasteiger partial charge in [0.1, 0.15) is 5.82 Å². The minimum absolute atomic E-state index is 0.318. The second-order valence-corrected chi connectivity index (χ2v) is 6.84. The van der Waals surface area contributed by atoms with Crippen molar-refractivity contribution in [3.05, 3.63) is 21.9 Å². The molecule has 2 aromatic rings. The van der Waals surface area contributed by atoms with Crippen molar-refractivity contribution in [3.63, 3.8) is 0 Å². The largest absolute Gasteiger partial charge is 0.461 e. The first-order valence-corrected chi connectivity index (χ1v) is 9.43. The summed E-state index contributed by atoms with van der Waals surface area (Å²) in [6, 6.07) is 0.348. The summed E-state index contributed by atoms with van der Waals surface area (Å²) in [7, 11) is 0. The van der Waals surface area contributed by atoms with Crippen LogP contribution in [0.3, 0.4) is 0 Å². The monoisotopic (exact) mass is 410 g/mol. The Morgan fingerprint density at radius 3 is 2.80 bits per heavy atom. The Balaban J connectivity index is 2.17. The number of rotatable bonds is 5. The van der Waals surface area contributed by atoms with E-state index in [9.17, 15) is 4.79 Å². The van der Waals surface area contributed by atoms with Crippen molar-refractivity contribution in [3.8, 4) is 0 Å². The van der Waals surface area contributed by atoms with Gasteiger partial charge in [0.05, 0.1) is 17.3 Å². The molecule has 7 nitrogen and oxygen atoms in total. The van der Waals surface area contributed by atoms with E-state index >= 15 is 0 Å². The standard InChI is InChI=1S/C17H23BrN4O3/c1-4-21(12-6-8-24-9-7-12)16-11(3)14(17(23)25-5-2)20-15-13(18)10-19-22(15)16/h10,12H,4-9H2,1-3H3. The van der Waals surface area contributed by atoms with Crippen LogP contribution >= 0.6 is 15.9 Å². The Labute approximate surface area is 155 Å². The maximum Gasteiger partial charge on any atom is 0.357 e. The van der Waals surface area contributed by atoms with Gasteiger partial charge in [-0.05, 0) is 49.5 Å². The summed E-state index contributed by atoms with van der Waals surface area (Å²) in [6.45, 7) is 8.45. The molecule has 0 amide bonds. The molecule has 1 aliphatic heterocycles. The van der Waals surface area contributed by atoms with Crippen molar-refractivity contribution in [1.29, 1.82) is 0 Å². The number of anilines is 1. The first kappa shape index (κ1) is 18.1. The number of esters is 1. The highest BCUT2D eigenvalue weighted by Crippen LogP contribution is 2.30. The summed E-state index contributed by atoms with van der Waals surface area (Å²) >= 11 is 3.48. The van der Waals surface area contributed by atoms with Crippen LogP contribution in [0.5, 0.6) is 0 Å². The van der Waals surface area contributed by atoms with Crippen LogP contribution in [0, 0.1) is 6.92 Å². The van der Waals surface area contributed by atoms with Crippen LogP contribution in [0.25, 0.3) is 5.65 Å². The highest BCUT2D eigenvalue weighted by molar-refractivity contribution is 9.10. The maximum atomic E-state index is 12.4. The zero-order valence-electron chi connectivity index (χ0n) is 14.8. The van der Waals surface area contributed by atoms with E-state index in [1.807, 2.05) is 6.92 Å². The minimum atomic E-state index is -0.403. The van der Waals surface area contributed by atoms with E-state index in [2.05, 4.69) is 37.8 Å². The van der Waals surface area contributed by atoms with Crippen molar-refractivity contribution in [2.75, 3.05) is 31.3 Å². The summed E-state index contributed by atoms with van der Waals surface area (Å²) in [6.07, 6.45) is 3.61. The van der Waals surface area contributed by atoms with Gasteiger partial charge in [-0.1, -0.05) is 0 Å². The summed E-state index contributed by atoms with van der Waals surface area (Å²) in [5.74, 6) is 0.494. The molecule has 0 aliphatic carbocycles. The third-order valence-corrected chi connectivity index (χ3v) is 5.08. The fourth-order valence-corrected chi connectivity index (χ4v) is 3.69. The third-order valence-electron chi connectivity index (χ3n) is 4.52. The van der Waals surface area contributed by atoms with Gasteiger partial charge in [-0.15, -0.1) is 0 Å². The smallest absolute Gasteiger partial charge is 0.357 e. The zero-order chi connectivity index (χ0) is 18.0. The van der Waals surface area contributed by atoms with Crippen molar-refractivity contribution in [2.45, 2.75) is 39.7 Å². The number of halogens is 1. The van der Waals surface area contributed by atoms with Gasteiger partial charge in [0, 0.05) is 31.4 Å². The predicted molar refractivity (Wildman–Crippen MR) is 98.2 cm³/mol. The van der Waals surface area contributed by atoms with Crippen LogP contribution in [-0.2, 0) is 9.47 Å². The number of hydrogen-bond donors (Lipinski definition) is 0. The normalized spacial score (nSPS) is 15.5. The number of ether oxygens (including phenoxy) is 2. The first-order chi connectivity index (χ1) is 12.1. The molecule has 1 saturated heterocycles. The molecule has 0 saturated carbocycles. The van der Waals surface area contributed by atoms with Gasteiger partial charge >= 0.3 is 5.97 Å². The Morgan fingerprint density at radius 1 is 1.44 bits per heavy atom. The van der Waals surface area contributed by atoms with Gasteiger partial charge in [-0.25, -0.2) is 9.78 Å². The predicted octanol–water partition coefficient (Wildman–Crippen LogP) is 2.98. The lowest BCUT2D eigenvalue weighted by atomic mass is 10.1. The van der Waals surface area contributed by atoms with E-state index in [-0.39, 0.29) is 0 Å². The molecule has 3 heterocycles. The van der Waals surface area contributed by atoms with E-state index in [0.29, 0.717) is 24.0 Å². The highest BCUT2D eigenvalue weighted by Gasteiger charge is 2.28. The number of carbonyl (C=O) groups excluding carboxylic acids is 1. The molecule has 2 aromatic heterocycles. The quantitative estimate of drug-likeness (QED) is 0.705. The fraction of sp³-hybridized carbons (Fsp3) is 0.588. The van der Waals surface area contributed by atoms with Crippen LogP contribution in [0.4, 0.5) is 5.82 Å². The molecule has 0 N–H and O–H groups in total. The molecule has 0 aromatic carbocycles. The van der Waals surface area contributed by atoms with E-state index in [1.54, 1.807) is 17.6 Å². The molecule has 1 fully saturated rings. The van der Waals surface area contributed by atoms with Gasteiger partial charge in [-0.2, -0.15) is 9.61 Å². The SMILES string of the molecule is CCOC(=O)c1nc2c(Br)cnn2c(N(CC)C2CCOCC2)c1C. The average molecular weight is 411 g/mol. The Bertz CT molecular complexity index is 771. The number of nitrogens with zero attached hydrogens (tertiary/aromatic N) is 4. The van der Waals surface area contributed by atoms with Crippen LogP contribution in [-0.4, -0.2) is 53.0 Å². The molecule has 0 spiro atoms. The second kappa shape index (κ2) is 7.70. The molecule has 8 heteroatoms. The van der Waals surface area contributed by atoms with Crippen molar-refractivity contribution in [1.82, 2.24) is 14.6 Å². The highest BCUT2D eigenvalue weighted by atomic mass is 79.9. The number of carbonyl (C=O) groups is 1. The molecule has 1 aliphatic rings. The Hall–Kier alpha value is -1.67. The van der Waals surface area contributed by atoms with E-state index in [4.69, 9.17) is 9.47 Å². The van der Waals surface area contributed by atoms with E-state index in [1.165, 1.54) is 0 Å². The molecule has 0 bridgehead atoms. The molecule has 0 radical (unpaired) electrons. The van der Waals surface area contributed by atoms with Gasteiger partial charge in [-0.3, -0.25) is 0 Å². The molecule has 136 valence electrons. The lowest BCUT2D eigenvalue weighted by Crippen LogP contribution is -2.41.